The van der Waals surface area contributed by atoms with Crippen molar-refractivity contribution in [3.8, 4) is 6.07 Å². The second kappa shape index (κ2) is 6.95. The summed E-state index contributed by atoms with van der Waals surface area (Å²) in [4.78, 5) is 10.6. The average molecular weight is 379 g/mol. The number of aromatic nitrogens is 2. The minimum atomic E-state index is -3.54. The first-order chi connectivity index (χ1) is 13.1. The highest BCUT2D eigenvalue weighted by atomic mass is 32.2. The quantitative estimate of drug-likeness (QED) is 0.691. The Hall–Kier alpha value is -3.02. The fraction of sp³-hybridized carbons (Fsp3) is 0.211. The molecule has 7 nitrogen and oxygen atoms in total. The van der Waals surface area contributed by atoms with Gasteiger partial charge in [0.1, 0.15) is 16.7 Å². The maximum atomic E-state index is 12.8. The molecule has 1 saturated heterocycles. The Morgan fingerprint density at radius 1 is 1.04 bits per heavy atom. The number of pyridine rings is 2. The summed E-state index contributed by atoms with van der Waals surface area (Å²) in [5.41, 5.74) is 2.03. The van der Waals surface area contributed by atoms with Crippen molar-refractivity contribution >= 4 is 26.6 Å². The van der Waals surface area contributed by atoms with Gasteiger partial charge in [0.15, 0.2) is 0 Å². The fourth-order valence-corrected chi connectivity index (χ4v) is 4.68. The highest BCUT2D eigenvalue weighted by Crippen LogP contribution is 2.28. The van der Waals surface area contributed by atoms with Gasteiger partial charge in [0.2, 0.25) is 10.0 Å². The van der Waals surface area contributed by atoms with Crippen LogP contribution in [0.2, 0.25) is 0 Å². The van der Waals surface area contributed by atoms with Crippen molar-refractivity contribution in [1.82, 2.24) is 14.3 Å². The summed E-state index contributed by atoms with van der Waals surface area (Å²) >= 11 is 0. The molecule has 2 aromatic heterocycles. The van der Waals surface area contributed by atoms with Crippen LogP contribution in [0.25, 0.3) is 10.9 Å². The van der Waals surface area contributed by atoms with Crippen LogP contribution in [0.15, 0.2) is 59.8 Å². The number of hydrogen-bond donors (Lipinski definition) is 0. The lowest BCUT2D eigenvalue weighted by Crippen LogP contribution is -2.48. The number of sulfonamides is 1. The normalized spacial score (nSPS) is 15.6. The number of hydrogen-bond acceptors (Lipinski definition) is 6. The Kier molecular flexibility index (Phi) is 4.48. The highest BCUT2D eigenvalue weighted by molar-refractivity contribution is 7.89. The lowest BCUT2D eigenvalue weighted by molar-refractivity contribution is 0.385. The van der Waals surface area contributed by atoms with Crippen LogP contribution < -0.4 is 4.90 Å². The van der Waals surface area contributed by atoms with Crippen molar-refractivity contribution in [2.24, 2.45) is 0 Å². The largest absolute Gasteiger partial charge is 0.368 e. The minimum absolute atomic E-state index is 0.208. The van der Waals surface area contributed by atoms with Gasteiger partial charge < -0.3 is 4.90 Å². The van der Waals surface area contributed by atoms with Gasteiger partial charge in [-0.3, -0.25) is 4.98 Å². The zero-order valence-electron chi connectivity index (χ0n) is 14.5. The molecule has 0 aliphatic carbocycles. The summed E-state index contributed by atoms with van der Waals surface area (Å²) < 4.78 is 27.0. The molecule has 0 N–H and O–H groups in total. The van der Waals surface area contributed by atoms with Crippen molar-refractivity contribution in [2.75, 3.05) is 31.1 Å². The van der Waals surface area contributed by atoms with Crippen LogP contribution in [0.5, 0.6) is 0 Å². The van der Waals surface area contributed by atoms with Gasteiger partial charge in [0.25, 0.3) is 0 Å². The Balaban J connectivity index is 1.60. The molecule has 0 saturated carbocycles. The molecule has 0 amide bonds. The van der Waals surface area contributed by atoms with Gasteiger partial charge in [0.05, 0.1) is 5.52 Å². The smallest absolute Gasteiger partial charge is 0.244 e. The molecule has 1 aromatic carbocycles. The second-order valence-electron chi connectivity index (χ2n) is 6.24. The van der Waals surface area contributed by atoms with E-state index in [2.05, 4.69) is 20.9 Å². The zero-order chi connectivity index (χ0) is 18.9. The first-order valence-electron chi connectivity index (χ1n) is 8.54. The first-order valence-corrected chi connectivity index (χ1v) is 9.98. The van der Waals surface area contributed by atoms with Crippen molar-refractivity contribution in [3.63, 3.8) is 0 Å². The number of nitrogens with zero attached hydrogens (tertiary/aromatic N) is 5. The third-order valence-electron chi connectivity index (χ3n) is 4.66. The molecule has 3 heterocycles. The van der Waals surface area contributed by atoms with Gasteiger partial charge in [-0.05, 0) is 24.3 Å². The van der Waals surface area contributed by atoms with E-state index in [9.17, 15) is 13.7 Å². The molecule has 136 valence electrons. The van der Waals surface area contributed by atoms with Crippen molar-refractivity contribution in [1.29, 1.82) is 5.26 Å². The SMILES string of the molecule is N#Cc1cc(N2CCN(S(=O)(=O)c3cccnc3)CC2)c2ccccc2n1. The van der Waals surface area contributed by atoms with Gasteiger partial charge in [-0.25, -0.2) is 13.4 Å². The molecule has 27 heavy (non-hydrogen) atoms. The molecule has 3 aromatic rings. The van der Waals surface area contributed by atoms with Crippen molar-refractivity contribution < 1.29 is 8.42 Å². The molecule has 0 atom stereocenters. The Bertz CT molecular complexity index is 1120. The second-order valence-corrected chi connectivity index (χ2v) is 8.17. The zero-order valence-corrected chi connectivity index (χ0v) is 15.3. The number of anilines is 1. The van der Waals surface area contributed by atoms with Crippen LogP contribution in [0, 0.1) is 11.3 Å². The molecule has 1 aliphatic rings. The number of fused-ring (bicyclic) bond motifs is 1. The third kappa shape index (κ3) is 3.23. The number of benzene rings is 1. The highest BCUT2D eigenvalue weighted by Gasteiger charge is 2.29. The lowest BCUT2D eigenvalue weighted by atomic mass is 10.1. The summed E-state index contributed by atoms with van der Waals surface area (Å²) in [7, 11) is -3.54. The van der Waals surface area contributed by atoms with Crippen LogP contribution in [0.3, 0.4) is 0 Å². The van der Waals surface area contributed by atoms with Crippen LogP contribution in [-0.4, -0.2) is 48.9 Å². The van der Waals surface area contributed by atoms with E-state index in [1.807, 2.05) is 24.3 Å². The van der Waals surface area contributed by atoms with Gasteiger partial charge >= 0.3 is 0 Å². The van der Waals surface area contributed by atoms with Crippen LogP contribution >= 0.6 is 0 Å². The molecule has 0 spiro atoms. The van der Waals surface area contributed by atoms with Crippen LogP contribution in [-0.2, 0) is 10.0 Å². The molecule has 0 radical (unpaired) electrons. The van der Waals surface area contributed by atoms with Gasteiger partial charge in [-0.2, -0.15) is 9.57 Å². The number of nitriles is 1. The number of rotatable bonds is 3. The molecule has 0 bridgehead atoms. The Morgan fingerprint density at radius 2 is 1.81 bits per heavy atom. The van der Waals surface area contributed by atoms with E-state index in [0.29, 0.717) is 31.9 Å². The standard InChI is InChI=1S/C19H17N5O2S/c20-13-15-12-19(17-5-1-2-6-18(17)22-15)23-8-10-24(11-9-23)27(25,26)16-4-3-7-21-14-16/h1-7,12,14H,8-11H2. The van der Waals surface area contributed by atoms with E-state index < -0.39 is 10.0 Å². The van der Waals surface area contributed by atoms with E-state index in [1.165, 1.54) is 10.5 Å². The molecule has 0 unspecified atom stereocenters. The molecular weight excluding hydrogens is 362 g/mol. The first kappa shape index (κ1) is 17.4. The van der Waals surface area contributed by atoms with Crippen LogP contribution in [0.4, 0.5) is 5.69 Å². The molecule has 8 heteroatoms. The van der Waals surface area contributed by atoms with E-state index in [1.54, 1.807) is 24.4 Å². The minimum Gasteiger partial charge on any atom is -0.368 e. The number of para-hydroxylation sites is 1. The molecular formula is C19H17N5O2S. The summed E-state index contributed by atoms with van der Waals surface area (Å²) in [6.07, 6.45) is 2.93. The van der Waals surface area contributed by atoms with E-state index in [-0.39, 0.29) is 4.90 Å². The Morgan fingerprint density at radius 3 is 2.52 bits per heavy atom. The maximum absolute atomic E-state index is 12.8. The van der Waals surface area contributed by atoms with E-state index >= 15 is 0 Å². The summed E-state index contributed by atoms with van der Waals surface area (Å²) in [6.45, 7) is 1.82. The van der Waals surface area contributed by atoms with Gasteiger partial charge in [-0.1, -0.05) is 18.2 Å². The van der Waals surface area contributed by atoms with Crippen LogP contribution in [0.1, 0.15) is 5.69 Å². The number of piperazine rings is 1. The molecule has 1 aliphatic heterocycles. The lowest BCUT2D eigenvalue weighted by Gasteiger charge is -2.35. The summed E-state index contributed by atoms with van der Waals surface area (Å²) in [5.74, 6) is 0. The van der Waals surface area contributed by atoms with Crippen molar-refractivity contribution in [2.45, 2.75) is 4.90 Å². The predicted octanol–water partition coefficient (Wildman–Crippen LogP) is 2.01. The topological polar surface area (TPSA) is 90.2 Å². The average Bonchev–Trinajstić information content (AvgIpc) is 2.73. The fourth-order valence-electron chi connectivity index (χ4n) is 3.29. The van der Waals surface area contributed by atoms with Crippen molar-refractivity contribution in [3.05, 3.63) is 60.6 Å². The maximum Gasteiger partial charge on any atom is 0.244 e. The summed E-state index contributed by atoms with van der Waals surface area (Å²) in [6, 6.07) is 14.7. The van der Waals surface area contributed by atoms with E-state index in [0.717, 1.165) is 16.6 Å². The predicted molar refractivity (Wildman–Crippen MR) is 102 cm³/mol. The Labute approximate surface area is 157 Å². The molecule has 4 rings (SSSR count). The van der Waals surface area contributed by atoms with E-state index in [4.69, 9.17) is 0 Å². The summed E-state index contributed by atoms with van der Waals surface area (Å²) in [5, 5.41) is 10.2. The third-order valence-corrected chi connectivity index (χ3v) is 6.54. The molecule has 1 fully saturated rings. The van der Waals surface area contributed by atoms with Gasteiger partial charge in [-0.15, -0.1) is 0 Å². The van der Waals surface area contributed by atoms with Gasteiger partial charge in [0, 0.05) is 49.6 Å². The monoisotopic (exact) mass is 379 g/mol.